The van der Waals surface area contributed by atoms with Gasteiger partial charge in [0.05, 0.1) is 0 Å². The van der Waals surface area contributed by atoms with Crippen molar-refractivity contribution in [2.75, 3.05) is 20.6 Å². The van der Waals surface area contributed by atoms with Crippen molar-refractivity contribution in [2.24, 2.45) is 5.92 Å². The molecule has 2 nitrogen and oxygen atoms in total. The molecule has 1 unspecified atom stereocenters. The van der Waals surface area contributed by atoms with E-state index in [-0.39, 0.29) is 18.2 Å². The molecule has 0 spiro atoms. The SMILES string of the molecule is CN(C)CC1CCc2cc(OCc3ccc(-c4ccc(F)cc4)cc3)ccc2C1.Cl. The summed E-state index contributed by atoms with van der Waals surface area (Å²) < 4.78 is 19.1. The second kappa shape index (κ2) is 10.1. The number of aryl methyl sites for hydroxylation is 1. The fourth-order valence-electron chi connectivity index (χ4n) is 4.17. The van der Waals surface area contributed by atoms with E-state index in [1.165, 1.54) is 36.1 Å². The van der Waals surface area contributed by atoms with E-state index >= 15 is 0 Å². The third-order valence-corrected chi connectivity index (χ3v) is 5.67. The maximum absolute atomic E-state index is 13.1. The van der Waals surface area contributed by atoms with Crippen LogP contribution in [0.25, 0.3) is 11.1 Å². The standard InChI is InChI=1S/C26H28FNO.ClH/c1-28(2)17-20-5-8-24-16-26(14-11-23(24)15-20)29-18-19-3-6-21(7-4-19)22-9-12-25(27)13-10-22;/h3-4,6-7,9-14,16,20H,5,8,15,17-18H2,1-2H3;1H. The third kappa shape index (κ3) is 5.62. The van der Waals surface area contributed by atoms with Gasteiger partial charge in [0.15, 0.2) is 0 Å². The van der Waals surface area contributed by atoms with E-state index in [2.05, 4.69) is 61.5 Å². The summed E-state index contributed by atoms with van der Waals surface area (Å²) in [6.45, 7) is 1.71. The van der Waals surface area contributed by atoms with Crippen LogP contribution in [0, 0.1) is 11.7 Å². The van der Waals surface area contributed by atoms with Crippen LogP contribution in [0.2, 0.25) is 0 Å². The molecule has 30 heavy (non-hydrogen) atoms. The number of benzene rings is 3. The summed E-state index contributed by atoms with van der Waals surface area (Å²) in [7, 11) is 4.30. The van der Waals surface area contributed by atoms with Crippen molar-refractivity contribution in [1.82, 2.24) is 4.90 Å². The Hall–Kier alpha value is -2.36. The number of fused-ring (bicyclic) bond motifs is 1. The summed E-state index contributed by atoms with van der Waals surface area (Å²) in [5.74, 6) is 1.48. The molecule has 158 valence electrons. The molecule has 1 atom stereocenters. The maximum Gasteiger partial charge on any atom is 0.123 e. The van der Waals surface area contributed by atoms with Crippen LogP contribution >= 0.6 is 12.4 Å². The van der Waals surface area contributed by atoms with E-state index in [9.17, 15) is 4.39 Å². The van der Waals surface area contributed by atoms with Gasteiger partial charge < -0.3 is 9.64 Å². The highest BCUT2D eigenvalue weighted by Crippen LogP contribution is 2.29. The van der Waals surface area contributed by atoms with Crippen LogP contribution in [-0.2, 0) is 19.4 Å². The topological polar surface area (TPSA) is 12.5 Å². The van der Waals surface area contributed by atoms with E-state index in [0.29, 0.717) is 6.61 Å². The molecular weight excluding hydrogens is 397 g/mol. The van der Waals surface area contributed by atoms with Gasteiger partial charge in [-0.1, -0.05) is 42.5 Å². The van der Waals surface area contributed by atoms with Crippen molar-refractivity contribution in [3.05, 3.63) is 89.2 Å². The lowest BCUT2D eigenvalue weighted by molar-refractivity contribution is 0.297. The van der Waals surface area contributed by atoms with Crippen molar-refractivity contribution >= 4 is 12.4 Å². The first-order valence-electron chi connectivity index (χ1n) is 10.3. The van der Waals surface area contributed by atoms with Crippen LogP contribution in [0.1, 0.15) is 23.1 Å². The van der Waals surface area contributed by atoms with Crippen LogP contribution < -0.4 is 4.74 Å². The Kier molecular flexibility index (Phi) is 7.52. The molecule has 3 aromatic rings. The lowest BCUT2D eigenvalue weighted by atomic mass is 9.83. The van der Waals surface area contributed by atoms with E-state index in [1.54, 1.807) is 12.1 Å². The van der Waals surface area contributed by atoms with Crippen molar-refractivity contribution in [1.29, 1.82) is 0 Å². The predicted octanol–water partition coefficient (Wildman–Crippen LogP) is 6.16. The fraction of sp³-hybridized carbons (Fsp3) is 0.308. The van der Waals surface area contributed by atoms with E-state index in [0.717, 1.165) is 41.3 Å². The molecule has 0 aromatic heterocycles. The zero-order valence-electron chi connectivity index (χ0n) is 17.6. The first-order valence-corrected chi connectivity index (χ1v) is 10.3. The summed E-state index contributed by atoms with van der Waals surface area (Å²) in [6.07, 6.45) is 3.55. The molecule has 0 aliphatic heterocycles. The Morgan fingerprint density at radius 3 is 2.23 bits per heavy atom. The number of rotatable bonds is 6. The smallest absolute Gasteiger partial charge is 0.123 e. The first-order chi connectivity index (χ1) is 14.1. The van der Waals surface area contributed by atoms with Crippen LogP contribution in [0.3, 0.4) is 0 Å². The molecule has 1 aliphatic carbocycles. The molecule has 3 aromatic carbocycles. The number of ether oxygens (including phenoxy) is 1. The molecular formula is C26H29ClFNO. The minimum Gasteiger partial charge on any atom is -0.489 e. The van der Waals surface area contributed by atoms with Crippen molar-refractivity contribution in [3.63, 3.8) is 0 Å². The Morgan fingerprint density at radius 1 is 0.900 bits per heavy atom. The molecule has 0 saturated carbocycles. The second-order valence-electron chi connectivity index (χ2n) is 8.29. The van der Waals surface area contributed by atoms with E-state index < -0.39 is 0 Å². The Morgan fingerprint density at radius 2 is 1.57 bits per heavy atom. The van der Waals surface area contributed by atoms with Gasteiger partial charge >= 0.3 is 0 Å². The molecule has 0 heterocycles. The van der Waals surface area contributed by atoms with Gasteiger partial charge in [-0.3, -0.25) is 0 Å². The van der Waals surface area contributed by atoms with Gasteiger partial charge in [-0.2, -0.15) is 0 Å². The van der Waals surface area contributed by atoms with Gasteiger partial charge in [0.2, 0.25) is 0 Å². The van der Waals surface area contributed by atoms with Crippen molar-refractivity contribution < 1.29 is 9.13 Å². The summed E-state index contributed by atoms with van der Waals surface area (Å²) in [6, 6.07) is 21.4. The van der Waals surface area contributed by atoms with Gasteiger partial charge in [-0.15, -0.1) is 12.4 Å². The zero-order valence-corrected chi connectivity index (χ0v) is 18.4. The molecule has 0 fully saturated rings. The zero-order chi connectivity index (χ0) is 20.2. The summed E-state index contributed by atoms with van der Waals surface area (Å²) in [5.41, 5.74) is 6.12. The Bertz CT molecular complexity index is 954. The lowest BCUT2D eigenvalue weighted by Crippen LogP contribution is -2.26. The summed E-state index contributed by atoms with van der Waals surface area (Å²) in [5, 5.41) is 0. The van der Waals surface area contributed by atoms with Crippen molar-refractivity contribution in [2.45, 2.75) is 25.9 Å². The number of nitrogens with zero attached hydrogens (tertiary/aromatic N) is 1. The van der Waals surface area contributed by atoms with Gasteiger partial charge in [-0.05, 0) is 91.4 Å². The number of hydrogen-bond donors (Lipinski definition) is 0. The molecule has 0 N–H and O–H groups in total. The molecule has 0 radical (unpaired) electrons. The highest BCUT2D eigenvalue weighted by atomic mass is 35.5. The molecule has 1 aliphatic rings. The van der Waals surface area contributed by atoms with Crippen molar-refractivity contribution in [3.8, 4) is 16.9 Å². The normalized spacial score (nSPS) is 15.4. The van der Waals surface area contributed by atoms with Gasteiger partial charge in [0.25, 0.3) is 0 Å². The monoisotopic (exact) mass is 425 g/mol. The molecule has 4 heteroatoms. The van der Waals surface area contributed by atoms with Crippen LogP contribution in [0.4, 0.5) is 4.39 Å². The number of hydrogen-bond acceptors (Lipinski definition) is 2. The highest BCUT2D eigenvalue weighted by molar-refractivity contribution is 5.85. The van der Waals surface area contributed by atoms with E-state index in [1.807, 2.05) is 0 Å². The van der Waals surface area contributed by atoms with Gasteiger partial charge in [-0.25, -0.2) is 4.39 Å². The number of halogens is 2. The minimum absolute atomic E-state index is 0. The molecule has 4 rings (SSSR count). The average molecular weight is 426 g/mol. The van der Waals surface area contributed by atoms with Gasteiger partial charge in [0, 0.05) is 6.54 Å². The Balaban J connectivity index is 0.00000256. The van der Waals surface area contributed by atoms with Crippen LogP contribution in [0.15, 0.2) is 66.7 Å². The molecule has 0 bridgehead atoms. The van der Waals surface area contributed by atoms with Crippen LogP contribution in [-0.4, -0.2) is 25.5 Å². The fourth-order valence-corrected chi connectivity index (χ4v) is 4.17. The maximum atomic E-state index is 13.1. The predicted molar refractivity (Wildman–Crippen MR) is 124 cm³/mol. The van der Waals surface area contributed by atoms with Gasteiger partial charge in [0.1, 0.15) is 18.2 Å². The highest BCUT2D eigenvalue weighted by Gasteiger charge is 2.19. The lowest BCUT2D eigenvalue weighted by Gasteiger charge is -2.27. The second-order valence-corrected chi connectivity index (χ2v) is 8.29. The third-order valence-electron chi connectivity index (χ3n) is 5.67. The van der Waals surface area contributed by atoms with E-state index in [4.69, 9.17) is 4.74 Å². The quantitative estimate of drug-likeness (QED) is 0.469. The molecule has 0 amide bonds. The minimum atomic E-state index is -0.211. The first kappa shape index (κ1) is 22.3. The summed E-state index contributed by atoms with van der Waals surface area (Å²) >= 11 is 0. The average Bonchev–Trinajstić information content (AvgIpc) is 2.73. The molecule has 0 saturated heterocycles. The summed E-state index contributed by atoms with van der Waals surface area (Å²) in [4.78, 5) is 2.29. The Labute approximate surface area is 185 Å². The largest absolute Gasteiger partial charge is 0.489 e. The van der Waals surface area contributed by atoms with Crippen LogP contribution in [0.5, 0.6) is 5.75 Å².